The quantitative estimate of drug-likeness (QED) is 0.446. The first kappa shape index (κ1) is 20.7. The molecule has 7 heteroatoms. The van der Waals surface area contributed by atoms with Gasteiger partial charge in [0.25, 0.3) is 5.56 Å². The van der Waals surface area contributed by atoms with E-state index in [4.69, 9.17) is 4.74 Å². The number of likely N-dealkylation sites (N-methyl/N-ethyl adjacent to an activating group) is 1. The van der Waals surface area contributed by atoms with Crippen molar-refractivity contribution in [2.45, 2.75) is 6.67 Å². The van der Waals surface area contributed by atoms with Crippen LogP contribution in [0.2, 0.25) is 0 Å². The molecule has 0 N–H and O–H groups in total. The number of hydrogen-bond donors (Lipinski definition) is 0. The maximum Gasteiger partial charge on any atom is 0.275 e. The summed E-state index contributed by atoms with van der Waals surface area (Å²) < 4.78 is 34.3. The molecular weight excluding hydrogens is 400 g/mol. The number of ether oxygens (including phenoxy) is 1. The largest absolute Gasteiger partial charge is 0.492 e. The summed E-state index contributed by atoms with van der Waals surface area (Å²) in [7, 11) is 1.86. The molecule has 1 aromatic heterocycles. The van der Waals surface area contributed by atoms with Gasteiger partial charge in [-0.25, -0.2) is 13.5 Å². The molecule has 0 atom stereocenters. The molecular formula is C24H21F2N3O2. The van der Waals surface area contributed by atoms with Gasteiger partial charge in [0.1, 0.15) is 12.4 Å². The summed E-state index contributed by atoms with van der Waals surface area (Å²) in [4.78, 5) is 14.9. The Balaban J connectivity index is 1.61. The lowest BCUT2D eigenvalue weighted by Gasteiger charge is -2.19. The monoisotopic (exact) mass is 421 g/mol. The lowest BCUT2D eigenvalue weighted by molar-refractivity contribution is 0.196. The van der Waals surface area contributed by atoms with Crippen LogP contribution in [-0.4, -0.2) is 34.9 Å². The first-order valence-electron chi connectivity index (χ1n) is 9.84. The smallest absolute Gasteiger partial charge is 0.275 e. The van der Waals surface area contributed by atoms with Gasteiger partial charge in [0.15, 0.2) is 11.6 Å². The Morgan fingerprint density at radius 3 is 2.39 bits per heavy atom. The fourth-order valence-corrected chi connectivity index (χ4v) is 3.32. The molecule has 1 heterocycles. The average Bonchev–Trinajstić information content (AvgIpc) is 2.78. The van der Waals surface area contributed by atoms with Gasteiger partial charge in [-0.2, -0.15) is 5.10 Å². The van der Waals surface area contributed by atoms with Crippen LogP contribution in [0.5, 0.6) is 5.75 Å². The first-order chi connectivity index (χ1) is 15.0. The van der Waals surface area contributed by atoms with Crippen molar-refractivity contribution in [3.05, 3.63) is 94.8 Å². The number of halogens is 2. The number of benzene rings is 3. The molecule has 5 nitrogen and oxygen atoms in total. The van der Waals surface area contributed by atoms with Gasteiger partial charge in [0, 0.05) is 17.5 Å². The second kappa shape index (κ2) is 9.06. The van der Waals surface area contributed by atoms with Crippen LogP contribution in [0.1, 0.15) is 0 Å². The minimum Gasteiger partial charge on any atom is -0.492 e. The summed E-state index contributed by atoms with van der Waals surface area (Å²) >= 11 is 0. The van der Waals surface area contributed by atoms with E-state index in [-0.39, 0.29) is 12.2 Å². The number of aromatic nitrogens is 2. The van der Waals surface area contributed by atoms with Crippen molar-refractivity contribution in [1.29, 1.82) is 0 Å². The van der Waals surface area contributed by atoms with Gasteiger partial charge >= 0.3 is 0 Å². The molecule has 0 fully saturated rings. The maximum absolute atomic E-state index is 13.8. The number of hydrogen-bond acceptors (Lipinski definition) is 4. The Morgan fingerprint density at radius 1 is 0.935 bits per heavy atom. The highest BCUT2D eigenvalue weighted by molar-refractivity contribution is 5.93. The van der Waals surface area contributed by atoms with Crippen molar-refractivity contribution in [2.24, 2.45) is 0 Å². The normalized spacial score (nSPS) is 11.2. The van der Waals surface area contributed by atoms with Crippen LogP contribution in [0.4, 0.5) is 8.78 Å². The van der Waals surface area contributed by atoms with Gasteiger partial charge in [-0.05, 0) is 43.4 Å². The van der Waals surface area contributed by atoms with E-state index in [9.17, 15) is 13.6 Å². The van der Waals surface area contributed by atoms with E-state index in [0.717, 1.165) is 17.9 Å². The van der Waals surface area contributed by atoms with Crippen LogP contribution < -0.4 is 10.3 Å². The topological polar surface area (TPSA) is 47.4 Å². The summed E-state index contributed by atoms with van der Waals surface area (Å²) in [6.07, 6.45) is 0. The third-order valence-corrected chi connectivity index (χ3v) is 4.92. The zero-order valence-electron chi connectivity index (χ0n) is 17.0. The molecule has 0 amide bonds. The number of fused-ring (bicyclic) bond motifs is 1. The predicted octanol–water partition coefficient (Wildman–Crippen LogP) is 4.31. The number of nitrogens with zero attached hydrogens (tertiary/aromatic N) is 3. The number of rotatable bonds is 7. The minimum atomic E-state index is -0.962. The molecule has 0 radical (unpaired) electrons. The predicted molar refractivity (Wildman–Crippen MR) is 116 cm³/mol. The van der Waals surface area contributed by atoms with E-state index in [0.29, 0.717) is 35.2 Å². The highest BCUT2D eigenvalue weighted by atomic mass is 19.2. The Hall–Kier alpha value is -3.58. The molecule has 3 aromatic carbocycles. The lowest BCUT2D eigenvalue weighted by atomic mass is 10.0. The Kier molecular flexibility index (Phi) is 6.04. The van der Waals surface area contributed by atoms with Gasteiger partial charge in [-0.1, -0.05) is 36.4 Å². The standard InChI is InChI=1S/C24H21F2N3O2/c1-28(13-14-31-18-7-3-2-4-8-18)16-29-24(30)20-10-6-5-9-19(20)23(27-29)17-11-12-21(25)22(26)15-17/h2-12,15H,13-14,16H2,1H3. The van der Waals surface area contributed by atoms with Gasteiger partial charge in [0.05, 0.1) is 17.7 Å². The maximum atomic E-state index is 13.8. The summed E-state index contributed by atoms with van der Waals surface area (Å²) in [5.41, 5.74) is 0.569. The third-order valence-electron chi connectivity index (χ3n) is 4.92. The SMILES string of the molecule is CN(CCOc1ccccc1)Cn1nc(-c2ccc(F)c(F)c2)c2ccccc2c1=O. The van der Waals surface area contributed by atoms with Crippen molar-refractivity contribution in [3.63, 3.8) is 0 Å². The van der Waals surface area contributed by atoms with Crippen molar-refractivity contribution in [2.75, 3.05) is 20.2 Å². The zero-order chi connectivity index (χ0) is 21.8. The van der Waals surface area contributed by atoms with Crippen molar-refractivity contribution in [3.8, 4) is 17.0 Å². The molecule has 0 aliphatic rings. The Labute approximate surface area is 178 Å². The van der Waals surface area contributed by atoms with Crippen LogP contribution in [0.15, 0.2) is 77.6 Å². The second-order valence-electron chi connectivity index (χ2n) is 7.21. The fraction of sp³-hybridized carbons (Fsp3) is 0.167. The summed E-state index contributed by atoms with van der Waals surface area (Å²) in [6, 6.07) is 20.1. The molecule has 0 aliphatic heterocycles. The summed E-state index contributed by atoms with van der Waals surface area (Å²) in [5.74, 6) is -1.12. The molecule has 158 valence electrons. The van der Waals surface area contributed by atoms with Crippen LogP contribution in [0.3, 0.4) is 0 Å². The molecule has 0 unspecified atom stereocenters. The van der Waals surface area contributed by atoms with Gasteiger partial charge in [-0.3, -0.25) is 9.69 Å². The highest BCUT2D eigenvalue weighted by Gasteiger charge is 2.15. The van der Waals surface area contributed by atoms with Crippen molar-refractivity contribution >= 4 is 10.8 Å². The van der Waals surface area contributed by atoms with Crippen LogP contribution in [0, 0.1) is 11.6 Å². The van der Waals surface area contributed by atoms with E-state index in [1.165, 1.54) is 10.7 Å². The summed E-state index contributed by atoms with van der Waals surface area (Å²) in [6.45, 7) is 1.23. The second-order valence-corrected chi connectivity index (χ2v) is 7.21. The Morgan fingerprint density at radius 2 is 1.65 bits per heavy atom. The van der Waals surface area contributed by atoms with Gasteiger partial charge < -0.3 is 4.74 Å². The van der Waals surface area contributed by atoms with Crippen LogP contribution in [-0.2, 0) is 6.67 Å². The van der Waals surface area contributed by atoms with Gasteiger partial charge in [-0.15, -0.1) is 0 Å². The van der Waals surface area contributed by atoms with Crippen LogP contribution in [0.25, 0.3) is 22.0 Å². The molecule has 4 rings (SSSR count). The molecule has 0 saturated heterocycles. The highest BCUT2D eigenvalue weighted by Crippen LogP contribution is 2.26. The fourth-order valence-electron chi connectivity index (χ4n) is 3.32. The molecule has 0 aliphatic carbocycles. The van der Waals surface area contributed by atoms with Crippen LogP contribution >= 0.6 is 0 Å². The number of para-hydroxylation sites is 1. The van der Waals surface area contributed by atoms with E-state index in [2.05, 4.69) is 5.10 Å². The van der Waals surface area contributed by atoms with Crippen molar-refractivity contribution < 1.29 is 13.5 Å². The molecule has 31 heavy (non-hydrogen) atoms. The minimum absolute atomic E-state index is 0.221. The first-order valence-corrected chi connectivity index (χ1v) is 9.84. The third kappa shape index (κ3) is 4.62. The van der Waals surface area contributed by atoms with Crippen molar-refractivity contribution in [1.82, 2.24) is 14.7 Å². The molecule has 0 saturated carbocycles. The van der Waals surface area contributed by atoms with Gasteiger partial charge in [0.2, 0.25) is 0 Å². The van der Waals surface area contributed by atoms with E-state index >= 15 is 0 Å². The molecule has 4 aromatic rings. The average molecular weight is 421 g/mol. The zero-order valence-corrected chi connectivity index (χ0v) is 17.0. The summed E-state index contributed by atoms with van der Waals surface area (Å²) in [5, 5.41) is 5.53. The molecule has 0 spiro atoms. The Bertz CT molecular complexity index is 1260. The molecule has 0 bridgehead atoms. The van der Waals surface area contributed by atoms with E-state index in [1.807, 2.05) is 42.3 Å². The van der Waals surface area contributed by atoms with E-state index in [1.54, 1.807) is 24.3 Å². The van der Waals surface area contributed by atoms with E-state index < -0.39 is 11.6 Å². The lowest BCUT2D eigenvalue weighted by Crippen LogP contribution is -2.34.